The zero-order chi connectivity index (χ0) is 43.3. The SMILES string of the molecule is COC(=O)[C@H](Cc1[nH]c2ccccc2c1[C@H]1O[C@H](COCc2ccccc2)[C@H](OCc2ccccc2)[C@H](OCc2ccccc2)[C@H]1OCc1ccccc1)NC(=O)OC(C)(C)C. The van der Waals surface area contributed by atoms with Crippen LogP contribution in [0.1, 0.15) is 60.4 Å². The number of para-hydroxylation sites is 1. The molecule has 2 heterocycles. The monoisotopic (exact) mass is 840 g/mol. The highest BCUT2D eigenvalue weighted by atomic mass is 16.6. The average Bonchev–Trinajstić information content (AvgIpc) is 3.65. The highest BCUT2D eigenvalue weighted by molar-refractivity contribution is 5.86. The standard InChI is InChI=1S/C51H56N2O9/c1-51(2,3)62-50(55)53-42(49(54)56-4)29-41-44(39-27-17-18-28-40(39)52-41)46-48(60-33-38-25-15-8-16-26-38)47(59-32-37-23-13-7-14-24-37)45(58-31-36-21-11-6-12-22-36)43(61-46)34-57-30-35-19-9-5-10-20-35/h5-28,42-43,45-48,52H,29-34H2,1-4H3,(H,53,55)/t42-,43+,45-,46+,47-,48-/m0/s1. The maximum atomic E-state index is 13.4. The van der Waals surface area contributed by atoms with Gasteiger partial charge in [0, 0.05) is 28.6 Å². The van der Waals surface area contributed by atoms with Crippen molar-refractivity contribution in [3.63, 3.8) is 0 Å². The third-order valence-electron chi connectivity index (χ3n) is 10.6. The molecule has 1 fully saturated rings. The number of hydrogen-bond acceptors (Lipinski definition) is 9. The number of methoxy groups -OCH3 is 1. The number of esters is 1. The van der Waals surface area contributed by atoms with Crippen LogP contribution < -0.4 is 5.32 Å². The van der Waals surface area contributed by atoms with Crippen LogP contribution in [0.5, 0.6) is 0 Å². The molecule has 11 heteroatoms. The van der Waals surface area contributed by atoms with Crippen molar-refractivity contribution >= 4 is 23.0 Å². The number of ether oxygens (including phenoxy) is 7. The predicted molar refractivity (Wildman–Crippen MR) is 236 cm³/mol. The molecule has 0 radical (unpaired) electrons. The van der Waals surface area contributed by atoms with Crippen LogP contribution in [0.4, 0.5) is 4.79 Å². The van der Waals surface area contributed by atoms with E-state index >= 15 is 0 Å². The fourth-order valence-electron chi connectivity index (χ4n) is 7.72. The molecular formula is C51H56N2O9. The maximum absolute atomic E-state index is 13.4. The van der Waals surface area contributed by atoms with Crippen LogP contribution in [0.2, 0.25) is 0 Å². The fraction of sp³-hybridized carbons (Fsp3) is 0.333. The Morgan fingerprint density at radius 3 is 1.66 bits per heavy atom. The Balaban J connectivity index is 1.33. The van der Waals surface area contributed by atoms with Crippen molar-refractivity contribution < 1.29 is 42.7 Å². The van der Waals surface area contributed by atoms with Crippen LogP contribution in [0, 0.1) is 0 Å². The zero-order valence-electron chi connectivity index (χ0n) is 35.7. The van der Waals surface area contributed by atoms with E-state index in [1.54, 1.807) is 20.8 Å². The van der Waals surface area contributed by atoms with Crippen molar-refractivity contribution in [3.05, 3.63) is 179 Å². The highest BCUT2D eigenvalue weighted by Crippen LogP contribution is 2.43. The Morgan fingerprint density at radius 2 is 1.13 bits per heavy atom. The van der Waals surface area contributed by atoms with E-state index < -0.39 is 54.2 Å². The van der Waals surface area contributed by atoms with Crippen LogP contribution in [-0.2, 0) is 70.8 Å². The molecule has 1 aromatic heterocycles. The van der Waals surface area contributed by atoms with Crippen molar-refractivity contribution in [2.24, 2.45) is 0 Å². The number of rotatable bonds is 18. The summed E-state index contributed by atoms with van der Waals surface area (Å²) in [6.45, 7) is 6.63. The topological polar surface area (TPSA) is 127 Å². The van der Waals surface area contributed by atoms with Gasteiger partial charge >= 0.3 is 12.1 Å². The molecule has 62 heavy (non-hydrogen) atoms. The van der Waals surface area contributed by atoms with Gasteiger partial charge in [-0.25, -0.2) is 9.59 Å². The van der Waals surface area contributed by atoms with Crippen molar-refractivity contribution in [1.29, 1.82) is 0 Å². The van der Waals surface area contributed by atoms with Crippen molar-refractivity contribution in [3.8, 4) is 0 Å². The average molecular weight is 841 g/mol. The van der Waals surface area contributed by atoms with Gasteiger partial charge in [0.15, 0.2) is 0 Å². The molecule has 1 aliphatic rings. The van der Waals surface area contributed by atoms with E-state index in [-0.39, 0.29) is 26.2 Å². The fourth-order valence-corrected chi connectivity index (χ4v) is 7.72. The van der Waals surface area contributed by atoms with Gasteiger partial charge in [0.25, 0.3) is 0 Å². The molecular weight excluding hydrogens is 785 g/mol. The summed E-state index contributed by atoms with van der Waals surface area (Å²) in [4.78, 5) is 30.1. The van der Waals surface area contributed by atoms with E-state index in [1.807, 2.05) is 146 Å². The molecule has 0 unspecified atom stereocenters. The van der Waals surface area contributed by atoms with Crippen molar-refractivity contribution in [1.82, 2.24) is 10.3 Å². The van der Waals surface area contributed by atoms with E-state index in [4.69, 9.17) is 33.2 Å². The van der Waals surface area contributed by atoms with Crippen LogP contribution in [0.15, 0.2) is 146 Å². The van der Waals surface area contributed by atoms with Crippen LogP contribution in [0.25, 0.3) is 10.9 Å². The largest absolute Gasteiger partial charge is 0.467 e. The number of H-pyrrole nitrogens is 1. The number of nitrogens with one attached hydrogen (secondary N) is 2. The molecule has 1 amide bonds. The number of fused-ring (bicyclic) bond motifs is 1. The van der Waals surface area contributed by atoms with Crippen molar-refractivity contribution in [2.45, 2.75) is 95.8 Å². The first kappa shape index (κ1) is 44.2. The lowest BCUT2D eigenvalue weighted by molar-refractivity contribution is -0.275. The summed E-state index contributed by atoms with van der Waals surface area (Å²) in [7, 11) is 1.29. The normalized spacial score (nSPS) is 19.5. The van der Waals surface area contributed by atoms with Crippen molar-refractivity contribution in [2.75, 3.05) is 13.7 Å². The molecule has 324 valence electrons. The number of alkyl carbamates (subject to hydrolysis) is 1. The molecule has 0 spiro atoms. The van der Waals surface area contributed by atoms with Gasteiger partial charge in [0.2, 0.25) is 0 Å². The van der Waals surface area contributed by atoms with E-state index in [1.165, 1.54) is 7.11 Å². The summed E-state index contributed by atoms with van der Waals surface area (Å²) in [5, 5.41) is 3.61. The minimum absolute atomic E-state index is 0.0276. The van der Waals surface area contributed by atoms with Crippen LogP contribution >= 0.6 is 0 Å². The van der Waals surface area contributed by atoms with E-state index in [9.17, 15) is 9.59 Å². The van der Waals surface area contributed by atoms with Gasteiger partial charge in [-0.05, 0) is 49.1 Å². The number of benzene rings is 5. The lowest BCUT2D eigenvalue weighted by Gasteiger charge is -2.46. The van der Waals surface area contributed by atoms with E-state index in [0.29, 0.717) is 18.9 Å². The Morgan fingerprint density at radius 1 is 0.645 bits per heavy atom. The molecule has 7 rings (SSSR count). The lowest BCUT2D eigenvalue weighted by Crippen LogP contribution is -2.58. The minimum Gasteiger partial charge on any atom is -0.467 e. The number of carbonyl (C=O) groups is 2. The van der Waals surface area contributed by atoms with Gasteiger partial charge in [-0.15, -0.1) is 0 Å². The first-order valence-electron chi connectivity index (χ1n) is 21.1. The molecule has 6 aromatic rings. The summed E-state index contributed by atoms with van der Waals surface area (Å²) in [6.07, 6.45) is -4.25. The van der Waals surface area contributed by atoms with Crippen LogP contribution in [-0.4, -0.2) is 66.8 Å². The minimum atomic E-state index is -1.11. The molecule has 6 atom stereocenters. The third-order valence-corrected chi connectivity index (χ3v) is 10.6. The highest BCUT2D eigenvalue weighted by Gasteiger charge is 2.50. The van der Waals surface area contributed by atoms with Gasteiger partial charge in [0.05, 0.1) is 40.1 Å². The first-order chi connectivity index (χ1) is 30.1. The number of aromatic amines is 1. The maximum Gasteiger partial charge on any atom is 0.408 e. The van der Waals surface area contributed by atoms with E-state index in [0.717, 1.165) is 38.7 Å². The molecule has 2 N–H and O–H groups in total. The zero-order valence-corrected chi connectivity index (χ0v) is 35.7. The van der Waals surface area contributed by atoms with Crippen LogP contribution in [0.3, 0.4) is 0 Å². The van der Waals surface area contributed by atoms with Gasteiger partial charge in [-0.1, -0.05) is 140 Å². The number of hydrogen-bond donors (Lipinski definition) is 2. The molecule has 1 saturated heterocycles. The summed E-state index contributed by atoms with van der Waals surface area (Å²) in [5.74, 6) is -0.632. The van der Waals surface area contributed by atoms with E-state index in [2.05, 4.69) is 10.3 Å². The molecule has 0 bridgehead atoms. The smallest absolute Gasteiger partial charge is 0.408 e. The van der Waals surface area contributed by atoms with Gasteiger partial charge < -0.3 is 43.5 Å². The summed E-state index contributed by atoms with van der Waals surface area (Å²) < 4.78 is 45.5. The summed E-state index contributed by atoms with van der Waals surface area (Å²) >= 11 is 0. The second-order valence-electron chi connectivity index (χ2n) is 16.4. The molecule has 0 saturated carbocycles. The number of aromatic nitrogens is 1. The second-order valence-corrected chi connectivity index (χ2v) is 16.4. The number of amides is 1. The Hall–Kier alpha value is -5.82. The molecule has 1 aliphatic heterocycles. The Labute approximate surface area is 363 Å². The molecule has 11 nitrogen and oxygen atoms in total. The molecule has 5 aromatic carbocycles. The summed E-state index contributed by atoms with van der Waals surface area (Å²) in [5.41, 5.74) is 5.38. The molecule has 0 aliphatic carbocycles. The lowest BCUT2D eigenvalue weighted by atomic mass is 9.88. The van der Waals surface area contributed by atoms with Gasteiger partial charge in [0.1, 0.15) is 42.2 Å². The quantitative estimate of drug-likeness (QED) is 0.0815. The van der Waals surface area contributed by atoms with Gasteiger partial charge in [-0.2, -0.15) is 0 Å². The Kier molecular flexibility index (Phi) is 15.2. The second kappa shape index (κ2) is 21.3. The third kappa shape index (κ3) is 12.0. The Bertz CT molecular complexity index is 2300. The first-order valence-corrected chi connectivity index (χ1v) is 21.1. The predicted octanol–water partition coefficient (Wildman–Crippen LogP) is 9.19. The summed E-state index contributed by atoms with van der Waals surface area (Å²) in [6, 6.07) is 46.7. The van der Waals surface area contributed by atoms with Gasteiger partial charge in [-0.3, -0.25) is 0 Å². The number of carbonyl (C=O) groups excluding carboxylic acids is 2.